The number of hydrogen-bond donors (Lipinski definition) is 2. The summed E-state index contributed by atoms with van der Waals surface area (Å²) in [5, 5.41) is 13.0. The predicted molar refractivity (Wildman–Crippen MR) is 154 cm³/mol. The second-order valence-corrected chi connectivity index (χ2v) is 12.0. The van der Waals surface area contributed by atoms with Crippen LogP contribution in [-0.4, -0.2) is 44.1 Å². The molecule has 0 radical (unpaired) electrons. The lowest BCUT2D eigenvalue weighted by Gasteiger charge is -2.15. The van der Waals surface area contributed by atoms with Gasteiger partial charge < -0.3 is 15.0 Å². The first-order valence-electron chi connectivity index (χ1n) is 12.8. The van der Waals surface area contributed by atoms with Crippen LogP contribution in [0.15, 0.2) is 29.2 Å². The fraction of sp³-hybridized carbons (Fsp3) is 0.310. The van der Waals surface area contributed by atoms with Crippen LogP contribution in [0.1, 0.15) is 61.7 Å². The molecule has 1 saturated heterocycles. The standard InChI is InChI=1S/C29H29N3O5S2/c1-15-8-7-9-16(2)25(15)30-23(33)14-31-26(34)22(39-29(31)37)13-19-12-17(3)32(18(19)4)27-24(28(35)36)20-10-5-6-11-21(20)38-27/h7-9,12-13H,5-6,10-11,14H2,1-4H3,(H,30,33)(H,35,36)/b22-13-. The van der Waals surface area contributed by atoms with Crippen molar-refractivity contribution >= 4 is 57.9 Å². The number of amides is 3. The number of aromatic carboxylic acids is 1. The van der Waals surface area contributed by atoms with Crippen LogP contribution in [0.5, 0.6) is 0 Å². The average molecular weight is 564 g/mol. The number of nitrogens with one attached hydrogen (secondary N) is 1. The molecule has 39 heavy (non-hydrogen) atoms. The molecule has 2 aromatic heterocycles. The van der Waals surface area contributed by atoms with Crippen LogP contribution < -0.4 is 5.32 Å². The number of rotatable bonds is 6. The third kappa shape index (κ3) is 4.94. The minimum absolute atomic E-state index is 0.226. The fourth-order valence-electron chi connectivity index (χ4n) is 5.29. The van der Waals surface area contributed by atoms with Gasteiger partial charge in [-0.15, -0.1) is 11.3 Å². The quantitative estimate of drug-likeness (QED) is 0.355. The van der Waals surface area contributed by atoms with E-state index < -0.39 is 23.0 Å². The summed E-state index contributed by atoms with van der Waals surface area (Å²) in [4.78, 5) is 53.1. The fourth-order valence-corrected chi connectivity index (χ4v) is 7.61. The van der Waals surface area contributed by atoms with Crippen LogP contribution in [0.2, 0.25) is 0 Å². The van der Waals surface area contributed by atoms with Crippen molar-refractivity contribution < 1.29 is 24.3 Å². The number of benzene rings is 1. The Morgan fingerprint density at radius 3 is 2.46 bits per heavy atom. The Kier molecular flexibility index (Phi) is 7.26. The minimum Gasteiger partial charge on any atom is -0.478 e. The number of para-hydroxylation sites is 1. The summed E-state index contributed by atoms with van der Waals surface area (Å²) in [5.74, 6) is -1.90. The van der Waals surface area contributed by atoms with E-state index in [1.807, 2.05) is 56.5 Å². The molecular weight excluding hydrogens is 534 g/mol. The number of thiophene rings is 1. The van der Waals surface area contributed by atoms with E-state index >= 15 is 0 Å². The summed E-state index contributed by atoms with van der Waals surface area (Å²) in [6.45, 7) is 7.17. The first kappa shape index (κ1) is 27.0. The van der Waals surface area contributed by atoms with Crippen molar-refractivity contribution in [2.45, 2.75) is 53.4 Å². The molecule has 3 heterocycles. The van der Waals surface area contributed by atoms with Gasteiger partial charge in [-0.1, -0.05) is 18.2 Å². The Balaban J connectivity index is 1.41. The summed E-state index contributed by atoms with van der Waals surface area (Å²) >= 11 is 2.32. The van der Waals surface area contributed by atoms with Crippen molar-refractivity contribution in [3.63, 3.8) is 0 Å². The zero-order chi connectivity index (χ0) is 28.0. The summed E-state index contributed by atoms with van der Waals surface area (Å²) in [5.41, 5.74) is 6.10. The van der Waals surface area contributed by atoms with Crippen molar-refractivity contribution in [2.75, 3.05) is 11.9 Å². The maximum absolute atomic E-state index is 13.1. The van der Waals surface area contributed by atoms with Crippen LogP contribution >= 0.6 is 23.1 Å². The Morgan fingerprint density at radius 2 is 1.77 bits per heavy atom. The normalized spacial score (nSPS) is 16.2. The molecule has 1 fully saturated rings. The molecule has 1 aliphatic carbocycles. The van der Waals surface area contributed by atoms with Gasteiger partial charge in [-0.05, 0) is 99.5 Å². The highest BCUT2D eigenvalue weighted by Crippen LogP contribution is 2.40. The molecular formula is C29H29N3O5S2. The van der Waals surface area contributed by atoms with Gasteiger partial charge in [0.25, 0.3) is 11.1 Å². The number of aryl methyl sites for hydroxylation is 4. The molecule has 1 aliphatic heterocycles. The van der Waals surface area contributed by atoms with Crippen molar-refractivity contribution in [1.82, 2.24) is 9.47 Å². The van der Waals surface area contributed by atoms with E-state index in [4.69, 9.17) is 0 Å². The lowest BCUT2D eigenvalue weighted by atomic mass is 9.95. The number of carbonyl (C=O) groups excluding carboxylic acids is 3. The molecule has 202 valence electrons. The van der Waals surface area contributed by atoms with Gasteiger partial charge in [-0.2, -0.15) is 0 Å². The van der Waals surface area contributed by atoms with Crippen molar-refractivity contribution in [3.05, 3.63) is 73.3 Å². The van der Waals surface area contributed by atoms with Gasteiger partial charge in [0.15, 0.2) is 0 Å². The van der Waals surface area contributed by atoms with E-state index in [0.717, 1.165) is 80.9 Å². The highest BCUT2D eigenvalue weighted by molar-refractivity contribution is 8.18. The number of anilines is 1. The van der Waals surface area contributed by atoms with E-state index in [0.29, 0.717) is 16.3 Å². The van der Waals surface area contributed by atoms with E-state index in [1.54, 1.807) is 6.08 Å². The van der Waals surface area contributed by atoms with Crippen molar-refractivity contribution in [1.29, 1.82) is 0 Å². The lowest BCUT2D eigenvalue weighted by molar-refractivity contribution is -0.127. The highest BCUT2D eigenvalue weighted by atomic mass is 32.2. The van der Waals surface area contributed by atoms with Crippen LogP contribution in [0.4, 0.5) is 10.5 Å². The largest absolute Gasteiger partial charge is 0.478 e. The smallest absolute Gasteiger partial charge is 0.339 e. The Morgan fingerprint density at radius 1 is 1.08 bits per heavy atom. The van der Waals surface area contributed by atoms with E-state index in [9.17, 15) is 24.3 Å². The predicted octanol–water partition coefficient (Wildman–Crippen LogP) is 6.02. The summed E-state index contributed by atoms with van der Waals surface area (Å²) in [6.07, 6.45) is 5.35. The molecule has 3 amide bonds. The van der Waals surface area contributed by atoms with E-state index in [-0.39, 0.29) is 11.4 Å². The third-order valence-corrected chi connectivity index (χ3v) is 9.43. The number of carboxylic acids is 1. The maximum Gasteiger partial charge on any atom is 0.339 e. The first-order valence-corrected chi connectivity index (χ1v) is 14.4. The van der Waals surface area contributed by atoms with Crippen LogP contribution in [-0.2, 0) is 22.4 Å². The first-order chi connectivity index (χ1) is 18.6. The minimum atomic E-state index is -0.932. The second kappa shape index (κ2) is 10.5. The van der Waals surface area contributed by atoms with Gasteiger partial charge in [-0.25, -0.2) is 4.79 Å². The van der Waals surface area contributed by atoms with Gasteiger partial charge in [0.05, 0.1) is 10.5 Å². The van der Waals surface area contributed by atoms with Gasteiger partial charge in [0.2, 0.25) is 5.91 Å². The molecule has 0 atom stereocenters. The zero-order valence-corrected chi connectivity index (χ0v) is 23.8. The number of carbonyl (C=O) groups is 4. The zero-order valence-electron chi connectivity index (χ0n) is 22.2. The number of aromatic nitrogens is 1. The van der Waals surface area contributed by atoms with Gasteiger partial charge in [0, 0.05) is 22.0 Å². The second-order valence-electron chi connectivity index (χ2n) is 9.94. The number of thioether (sulfide) groups is 1. The number of nitrogens with zero attached hydrogens (tertiary/aromatic N) is 2. The third-order valence-electron chi connectivity index (χ3n) is 7.25. The Labute approximate surface area is 234 Å². The summed E-state index contributed by atoms with van der Waals surface area (Å²) < 4.78 is 1.93. The molecule has 0 unspecified atom stereocenters. The van der Waals surface area contributed by atoms with Gasteiger partial charge >= 0.3 is 5.97 Å². The molecule has 5 rings (SSSR count). The molecule has 0 bridgehead atoms. The molecule has 3 aromatic rings. The Bertz CT molecular complexity index is 1560. The van der Waals surface area contributed by atoms with Crippen molar-refractivity contribution in [2.24, 2.45) is 0 Å². The molecule has 2 aliphatic rings. The van der Waals surface area contributed by atoms with Crippen LogP contribution in [0, 0.1) is 27.7 Å². The molecule has 8 nitrogen and oxygen atoms in total. The van der Waals surface area contributed by atoms with Crippen LogP contribution in [0.25, 0.3) is 11.1 Å². The monoisotopic (exact) mass is 563 g/mol. The maximum atomic E-state index is 13.1. The highest BCUT2D eigenvalue weighted by Gasteiger charge is 2.37. The van der Waals surface area contributed by atoms with E-state index in [1.165, 1.54) is 11.3 Å². The summed E-state index contributed by atoms with van der Waals surface area (Å²) in [6, 6.07) is 7.55. The van der Waals surface area contributed by atoms with Crippen molar-refractivity contribution in [3.8, 4) is 5.00 Å². The molecule has 1 aromatic carbocycles. The number of hydrogen-bond acceptors (Lipinski definition) is 6. The van der Waals surface area contributed by atoms with E-state index in [2.05, 4.69) is 5.32 Å². The summed E-state index contributed by atoms with van der Waals surface area (Å²) in [7, 11) is 0. The average Bonchev–Trinajstić information content (AvgIpc) is 3.48. The lowest BCUT2D eigenvalue weighted by Crippen LogP contribution is -2.36. The topological polar surface area (TPSA) is 109 Å². The van der Waals surface area contributed by atoms with Gasteiger partial charge in [0.1, 0.15) is 11.5 Å². The number of carboxylic acid groups (broad SMARTS) is 1. The van der Waals surface area contributed by atoms with Crippen LogP contribution in [0.3, 0.4) is 0 Å². The molecule has 0 saturated carbocycles. The number of fused-ring (bicyclic) bond motifs is 1. The Hall–Kier alpha value is -3.63. The SMILES string of the molecule is Cc1cccc(C)c1NC(=O)CN1C(=O)S/C(=C\c2cc(C)n(-c3sc4c(c3C(=O)O)CCCC4)c2C)C1=O. The molecule has 2 N–H and O–H groups in total. The number of imide groups is 1. The van der Waals surface area contributed by atoms with Gasteiger partial charge in [-0.3, -0.25) is 19.3 Å². The molecule has 10 heteroatoms. The molecule has 0 spiro atoms.